The fraction of sp³-hybridized carbons (Fsp3) is 0.556. The molecule has 0 spiro atoms. The van der Waals surface area contributed by atoms with Crippen LogP contribution in [-0.4, -0.2) is 27.8 Å². The molecule has 2 atom stereocenters. The van der Waals surface area contributed by atoms with Crippen LogP contribution in [-0.2, 0) is 4.74 Å². The molecule has 0 radical (unpaired) electrons. The number of nitrogens with zero attached hydrogens (tertiary/aromatic N) is 1. The lowest BCUT2D eigenvalue weighted by Crippen LogP contribution is -2.16. The number of halogens is 1. The van der Waals surface area contributed by atoms with Crippen LogP contribution in [0.1, 0.15) is 24.6 Å². The number of ether oxygens (including phenoxy) is 1. The number of hydrogen-bond donors (Lipinski definition) is 2. The van der Waals surface area contributed by atoms with Gasteiger partial charge in [-0.05, 0) is 12.8 Å². The van der Waals surface area contributed by atoms with E-state index >= 15 is 0 Å². The summed E-state index contributed by atoms with van der Waals surface area (Å²) in [6.07, 6.45) is 1.55. The Morgan fingerprint density at radius 3 is 3.07 bits per heavy atom. The van der Waals surface area contributed by atoms with Crippen LogP contribution < -0.4 is 5.56 Å². The molecule has 2 N–H and O–H groups in total. The molecule has 15 heavy (non-hydrogen) atoms. The van der Waals surface area contributed by atoms with Gasteiger partial charge < -0.3 is 9.84 Å². The molecular formula is C9H11FN2O3. The second kappa shape index (κ2) is 4.08. The van der Waals surface area contributed by atoms with Crippen LogP contribution in [0.25, 0.3) is 0 Å². The van der Waals surface area contributed by atoms with Crippen molar-refractivity contribution in [2.24, 2.45) is 0 Å². The van der Waals surface area contributed by atoms with Gasteiger partial charge in [-0.3, -0.25) is 9.78 Å². The number of aliphatic hydroxyl groups excluding tert-OH is 1. The van der Waals surface area contributed by atoms with Crippen molar-refractivity contribution in [1.29, 1.82) is 0 Å². The molecule has 1 aromatic heterocycles. The molecule has 0 saturated carbocycles. The van der Waals surface area contributed by atoms with Gasteiger partial charge in [0.2, 0.25) is 5.95 Å². The molecule has 0 unspecified atom stereocenters. The maximum absolute atomic E-state index is 13.3. The molecule has 1 aliphatic rings. The summed E-state index contributed by atoms with van der Waals surface area (Å²) in [5.74, 6) is -0.758. The summed E-state index contributed by atoms with van der Waals surface area (Å²) in [7, 11) is 0. The largest absolute Gasteiger partial charge is 0.394 e. The lowest BCUT2D eigenvalue weighted by atomic mass is 10.1. The highest BCUT2D eigenvalue weighted by atomic mass is 19.1. The zero-order valence-electron chi connectivity index (χ0n) is 7.94. The Kier molecular flexibility index (Phi) is 2.79. The van der Waals surface area contributed by atoms with Crippen LogP contribution in [0.3, 0.4) is 0 Å². The van der Waals surface area contributed by atoms with Crippen molar-refractivity contribution < 1.29 is 14.2 Å². The summed E-state index contributed by atoms with van der Waals surface area (Å²) in [6.45, 7) is -0.0819. The third-order valence-electron chi connectivity index (χ3n) is 2.39. The van der Waals surface area contributed by atoms with Crippen LogP contribution >= 0.6 is 0 Å². The molecule has 2 rings (SSSR count). The average molecular weight is 214 g/mol. The van der Waals surface area contributed by atoms with Gasteiger partial charge in [-0.15, -0.1) is 0 Å². The molecule has 0 aliphatic carbocycles. The van der Waals surface area contributed by atoms with Crippen molar-refractivity contribution in [2.75, 3.05) is 6.61 Å². The Hall–Kier alpha value is -1.27. The molecule has 6 heteroatoms. The maximum Gasteiger partial charge on any atom is 0.268 e. The summed E-state index contributed by atoms with van der Waals surface area (Å²) >= 11 is 0. The van der Waals surface area contributed by atoms with Gasteiger partial charge in [-0.2, -0.15) is 4.39 Å². The van der Waals surface area contributed by atoms with Gasteiger partial charge >= 0.3 is 0 Å². The van der Waals surface area contributed by atoms with Crippen LogP contribution in [0.2, 0.25) is 0 Å². The van der Waals surface area contributed by atoms with E-state index < -0.39 is 17.6 Å². The number of nitrogens with one attached hydrogen (secondary N) is 1. The maximum atomic E-state index is 13.3. The first kappa shape index (κ1) is 10.3. The minimum Gasteiger partial charge on any atom is -0.394 e. The molecular weight excluding hydrogens is 203 g/mol. The highest BCUT2D eigenvalue weighted by Crippen LogP contribution is 2.31. The SMILES string of the molecule is O=c1cnc([C@H]2CC[C@@H](CO)O2)c(F)[nH]1. The van der Waals surface area contributed by atoms with Crippen molar-refractivity contribution in [2.45, 2.75) is 25.0 Å². The third kappa shape index (κ3) is 2.05. The van der Waals surface area contributed by atoms with Crippen LogP contribution in [0, 0.1) is 5.95 Å². The third-order valence-corrected chi connectivity index (χ3v) is 2.39. The molecule has 1 aromatic rings. The molecule has 1 saturated heterocycles. The Morgan fingerprint density at radius 2 is 2.47 bits per heavy atom. The van der Waals surface area contributed by atoms with E-state index in [0.717, 1.165) is 6.20 Å². The van der Waals surface area contributed by atoms with Crippen molar-refractivity contribution in [1.82, 2.24) is 9.97 Å². The van der Waals surface area contributed by atoms with Crippen LogP contribution in [0.5, 0.6) is 0 Å². The van der Waals surface area contributed by atoms with E-state index in [-0.39, 0.29) is 18.4 Å². The number of hydrogen-bond acceptors (Lipinski definition) is 4. The van der Waals surface area contributed by atoms with E-state index in [1.54, 1.807) is 0 Å². The van der Waals surface area contributed by atoms with Crippen molar-refractivity contribution in [3.63, 3.8) is 0 Å². The summed E-state index contributed by atoms with van der Waals surface area (Å²) in [6, 6.07) is 0. The fourth-order valence-corrected chi connectivity index (χ4v) is 1.65. The quantitative estimate of drug-likeness (QED) is 0.733. The highest BCUT2D eigenvalue weighted by Gasteiger charge is 2.29. The standard InChI is InChI=1S/C9H11FN2O3/c10-9-8(11-3-7(14)12-9)6-2-1-5(4-13)15-6/h3,5-6,13H,1-2,4H2,(H,12,14)/t5-,6+/m0/s1. The van der Waals surface area contributed by atoms with E-state index in [0.29, 0.717) is 12.8 Å². The average Bonchev–Trinajstić information content (AvgIpc) is 2.66. The molecule has 5 nitrogen and oxygen atoms in total. The van der Waals surface area contributed by atoms with Gasteiger partial charge in [0.05, 0.1) is 18.9 Å². The monoisotopic (exact) mass is 214 g/mol. The predicted octanol–water partition coefficient (Wildman–Crippen LogP) is 0.121. The Balaban J connectivity index is 2.20. The zero-order chi connectivity index (χ0) is 10.8. The van der Waals surface area contributed by atoms with Gasteiger partial charge in [0.15, 0.2) is 0 Å². The second-order valence-corrected chi connectivity index (χ2v) is 3.45. The first-order valence-electron chi connectivity index (χ1n) is 4.71. The first-order chi connectivity index (χ1) is 7.20. The van der Waals surface area contributed by atoms with Gasteiger partial charge in [-0.25, -0.2) is 4.98 Å². The zero-order valence-corrected chi connectivity index (χ0v) is 7.94. The molecule has 0 aromatic carbocycles. The van der Waals surface area contributed by atoms with Crippen molar-refractivity contribution >= 4 is 0 Å². The topological polar surface area (TPSA) is 75.2 Å². The Bertz CT molecular complexity index is 407. The molecule has 82 valence electrons. The first-order valence-corrected chi connectivity index (χ1v) is 4.71. The fourth-order valence-electron chi connectivity index (χ4n) is 1.65. The minimum atomic E-state index is -0.758. The van der Waals surface area contributed by atoms with Gasteiger partial charge in [0.1, 0.15) is 11.8 Å². The van der Waals surface area contributed by atoms with E-state index in [9.17, 15) is 9.18 Å². The van der Waals surface area contributed by atoms with Gasteiger partial charge in [-0.1, -0.05) is 0 Å². The Labute approximate surface area is 84.9 Å². The summed E-state index contributed by atoms with van der Waals surface area (Å²) in [5.41, 5.74) is -0.474. The summed E-state index contributed by atoms with van der Waals surface area (Å²) in [5, 5.41) is 8.85. The van der Waals surface area contributed by atoms with Gasteiger partial charge in [0.25, 0.3) is 5.56 Å². The van der Waals surface area contributed by atoms with E-state index in [4.69, 9.17) is 9.84 Å². The normalized spacial score (nSPS) is 25.7. The lowest BCUT2D eigenvalue weighted by Gasteiger charge is -2.11. The van der Waals surface area contributed by atoms with Gasteiger partial charge in [0, 0.05) is 0 Å². The van der Waals surface area contributed by atoms with Crippen LogP contribution in [0.4, 0.5) is 4.39 Å². The smallest absolute Gasteiger partial charge is 0.268 e. The molecule has 1 aliphatic heterocycles. The summed E-state index contributed by atoms with van der Waals surface area (Å²) < 4.78 is 18.6. The number of aromatic nitrogens is 2. The Morgan fingerprint density at radius 1 is 1.67 bits per heavy atom. The predicted molar refractivity (Wildman–Crippen MR) is 48.7 cm³/mol. The van der Waals surface area contributed by atoms with E-state index in [2.05, 4.69) is 4.98 Å². The highest BCUT2D eigenvalue weighted by molar-refractivity contribution is 5.04. The minimum absolute atomic E-state index is 0.0819. The number of rotatable bonds is 2. The van der Waals surface area contributed by atoms with Crippen molar-refractivity contribution in [3.8, 4) is 0 Å². The molecule has 0 bridgehead atoms. The molecule has 0 amide bonds. The van der Waals surface area contributed by atoms with E-state index in [1.807, 2.05) is 4.98 Å². The number of aliphatic hydroxyl groups is 1. The van der Waals surface area contributed by atoms with E-state index in [1.165, 1.54) is 0 Å². The molecule has 1 fully saturated rings. The number of H-pyrrole nitrogens is 1. The molecule has 2 heterocycles. The van der Waals surface area contributed by atoms with Crippen LogP contribution in [0.15, 0.2) is 11.0 Å². The second-order valence-electron chi connectivity index (χ2n) is 3.45. The lowest BCUT2D eigenvalue weighted by molar-refractivity contribution is 0.00732. The summed E-state index contributed by atoms with van der Waals surface area (Å²) in [4.78, 5) is 16.5. The number of aromatic amines is 1. The van der Waals surface area contributed by atoms with Crippen molar-refractivity contribution in [3.05, 3.63) is 28.2 Å².